The maximum Gasteiger partial charge on any atom is 0.138 e. The first-order chi connectivity index (χ1) is 37.9. The van der Waals surface area contributed by atoms with E-state index in [1.165, 1.54) is 44.5 Å². The molecule has 9 heterocycles. The first kappa shape index (κ1) is 58.4. The highest BCUT2D eigenvalue weighted by Crippen LogP contribution is 2.52. The summed E-state index contributed by atoms with van der Waals surface area (Å²) in [5.74, 6) is 9.25. The van der Waals surface area contributed by atoms with E-state index in [-0.39, 0.29) is 0 Å². The van der Waals surface area contributed by atoms with Crippen LogP contribution in [0.1, 0.15) is 205 Å². The van der Waals surface area contributed by atoms with Crippen molar-refractivity contribution in [3.8, 4) is 45.3 Å². The lowest BCUT2D eigenvalue weighted by Crippen LogP contribution is -2.03. The first-order valence-electron chi connectivity index (χ1n) is 30.5. The lowest BCUT2D eigenvalue weighted by molar-refractivity contribution is 0.547. The highest BCUT2D eigenvalue weighted by molar-refractivity contribution is 6.08. The number of aryl methyl sites for hydroxylation is 4. The van der Waals surface area contributed by atoms with Gasteiger partial charge in [-0.15, -0.1) is 0 Å². The van der Waals surface area contributed by atoms with Crippen LogP contribution < -0.4 is 0 Å². The molecule has 0 spiro atoms. The molecule has 0 saturated carbocycles. The number of fused-ring (bicyclic) bond motifs is 8. The van der Waals surface area contributed by atoms with E-state index in [1.54, 1.807) is 0 Å². The number of allylic oxidation sites excluding steroid dienone is 4. The Kier molecular flexibility index (Phi) is 17.3. The van der Waals surface area contributed by atoms with Crippen LogP contribution in [0.15, 0.2) is 66.2 Å². The van der Waals surface area contributed by atoms with Crippen LogP contribution in [-0.2, 0) is 25.7 Å². The molecule has 80 heavy (non-hydrogen) atoms. The van der Waals surface area contributed by atoms with Gasteiger partial charge in [-0.05, 0) is 219 Å². The van der Waals surface area contributed by atoms with Crippen molar-refractivity contribution in [2.75, 3.05) is 0 Å². The number of nitrogens with one attached hydrogen (secondary N) is 2. The van der Waals surface area contributed by atoms with E-state index < -0.39 is 0 Å². The number of hydrogen-bond acceptors (Lipinski definition) is 6. The molecule has 9 rings (SSSR count). The second-order valence-corrected chi connectivity index (χ2v) is 27.1. The van der Waals surface area contributed by atoms with Gasteiger partial charge in [0.2, 0.25) is 0 Å². The summed E-state index contributed by atoms with van der Waals surface area (Å²) < 4.78 is 28.0. The Morgan fingerprint density at radius 2 is 0.475 bits per heavy atom. The van der Waals surface area contributed by atoms with Gasteiger partial charge in [0.25, 0.3) is 0 Å². The van der Waals surface area contributed by atoms with Gasteiger partial charge < -0.3 is 27.6 Å². The van der Waals surface area contributed by atoms with E-state index in [0.717, 1.165) is 165 Å². The highest BCUT2D eigenvalue weighted by atomic mass is 16.3. The Labute approximate surface area is 478 Å². The first-order valence-corrected chi connectivity index (χ1v) is 30.5. The van der Waals surface area contributed by atoms with Gasteiger partial charge >= 0.3 is 0 Å². The van der Waals surface area contributed by atoms with Crippen LogP contribution in [0.4, 0.5) is 0 Å². The molecule has 7 aromatic rings. The number of furan rings is 4. The van der Waals surface area contributed by atoms with Gasteiger partial charge in [-0.3, -0.25) is 0 Å². The molecule has 0 unspecified atom stereocenters. The third-order valence-corrected chi connectivity index (χ3v) is 15.5. The third-order valence-electron chi connectivity index (χ3n) is 15.5. The fourth-order valence-electron chi connectivity index (χ4n) is 12.7. The minimum Gasteiger partial charge on any atom is -0.461 e. The number of rotatable bonds is 20. The third kappa shape index (κ3) is 11.9. The molecular formula is C72H94N4O4. The summed E-state index contributed by atoms with van der Waals surface area (Å²) in [6.45, 7) is 45.8. The molecule has 0 radical (unpaired) electrons. The zero-order valence-corrected chi connectivity index (χ0v) is 52.4. The molecule has 2 aliphatic rings. The van der Waals surface area contributed by atoms with Gasteiger partial charge in [0.05, 0.1) is 67.1 Å². The monoisotopic (exact) mass is 1080 g/mol. The summed E-state index contributed by atoms with van der Waals surface area (Å²) in [5.41, 5.74) is 22.2. The molecule has 0 aliphatic carbocycles. The Morgan fingerprint density at radius 1 is 0.287 bits per heavy atom. The number of nitrogens with zero attached hydrogens (tertiary/aromatic N) is 2. The highest BCUT2D eigenvalue weighted by Gasteiger charge is 2.36. The van der Waals surface area contributed by atoms with Crippen LogP contribution in [0.25, 0.3) is 89.7 Å². The van der Waals surface area contributed by atoms with Crippen molar-refractivity contribution < 1.29 is 17.7 Å². The summed E-state index contributed by atoms with van der Waals surface area (Å²) >= 11 is 0. The van der Waals surface area contributed by atoms with Crippen molar-refractivity contribution in [1.82, 2.24) is 19.9 Å². The van der Waals surface area contributed by atoms with E-state index in [9.17, 15) is 0 Å². The molecule has 0 aromatic carbocycles. The summed E-state index contributed by atoms with van der Waals surface area (Å²) in [5, 5.41) is 0. The second kappa shape index (κ2) is 23.7. The van der Waals surface area contributed by atoms with Gasteiger partial charge in [0.1, 0.15) is 46.1 Å². The van der Waals surface area contributed by atoms with Crippen molar-refractivity contribution >= 4 is 44.4 Å². The quantitative estimate of drug-likeness (QED) is 0.0787. The standard InChI is InChI=1S/C72H94N4O4/c1-37(2)29-49-50(30-38(3)4)66-62(58-26-22-46(18)78-58)68-53(33-41(9)10)54(34-42(11)12)70(75-68)64(60-28-24-48(20)80-60)72-56(36-44(15)16)55(35-43(13)14)71(76-72)63(59-27-23-47(19)79-59)69-52(32-40(7)8)51(31-39(5)6)67(74-69)61(65(49)73-66)57-25-21-45(17)77-57/h21-28,37-44,73,76H,29-36H2,1-20H3. The number of H-pyrrole nitrogens is 2. The minimum absolute atomic E-state index is 0.324. The average molecular weight is 1080 g/mol. The lowest BCUT2D eigenvalue weighted by atomic mass is 9.86. The van der Waals surface area contributed by atoms with Gasteiger partial charge in [0, 0.05) is 0 Å². The molecule has 8 nitrogen and oxygen atoms in total. The second-order valence-electron chi connectivity index (χ2n) is 27.1. The van der Waals surface area contributed by atoms with E-state index >= 15 is 0 Å². The summed E-state index contributed by atoms with van der Waals surface area (Å²) in [4.78, 5) is 21.2. The van der Waals surface area contributed by atoms with Crippen molar-refractivity contribution in [2.24, 2.45) is 47.3 Å². The van der Waals surface area contributed by atoms with Crippen molar-refractivity contribution in [3.05, 3.63) is 117 Å². The largest absolute Gasteiger partial charge is 0.461 e. The fourth-order valence-corrected chi connectivity index (χ4v) is 12.7. The fraction of sp³-hybridized carbons (Fsp3) is 0.500. The molecule has 0 saturated heterocycles. The van der Waals surface area contributed by atoms with Crippen LogP contribution in [0, 0.1) is 75.0 Å². The van der Waals surface area contributed by atoms with Crippen LogP contribution in [0.3, 0.4) is 0 Å². The van der Waals surface area contributed by atoms with Gasteiger partial charge in [-0.2, -0.15) is 0 Å². The smallest absolute Gasteiger partial charge is 0.138 e. The number of aromatic amines is 2. The average Bonchev–Trinajstić information content (AvgIpc) is 4.26. The predicted octanol–water partition coefficient (Wildman–Crippen LogP) is 21.4. The SMILES string of the molecule is Cc1ccc(-c2c3nc(c(-c4ccc(C)o4)c4[nH]c(c(CC(C)C)c4CC(C)C)c(-c4ccc(C)o4)c4nc(c(-c5ccc(C)o5)c5[nH]c2c(CC(C)C)c5CC(C)C)C(CC(C)C)=C4CC(C)C)C(CC(C)C)=C3CC(C)C)o1. The molecule has 0 amide bonds. The van der Waals surface area contributed by atoms with E-state index in [1.807, 2.05) is 0 Å². The van der Waals surface area contributed by atoms with E-state index in [4.69, 9.17) is 27.6 Å². The van der Waals surface area contributed by atoms with Gasteiger partial charge in [0.15, 0.2) is 0 Å². The van der Waals surface area contributed by atoms with Crippen molar-refractivity contribution in [2.45, 2.75) is 190 Å². The van der Waals surface area contributed by atoms with Gasteiger partial charge in [-0.1, -0.05) is 111 Å². The van der Waals surface area contributed by atoms with E-state index in [2.05, 4.69) is 197 Å². The molecule has 2 aliphatic heterocycles. The molecule has 8 heteroatoms. The van der Waals surface area contributed by atoms with Crippen molar-refractivity contribution in [3.63, 3.8) is 0 Å². The predicted molar refractivity (Wildman–Crippen MR) is 336 cm³/mol. The van der Waals surface area contributed by atoms with Crippen LogP contribution in [0.5, 0.6) is 0 Å². The lowest BCUT2D eigenvalue weighted by Gasteiger charge is -2.16. The molecule has 7 aromatic heterocycles. The Morgan fingerprint density at radius 3 is 0.625 bits per heavy atom. The van der Waals surface area contributed by atoms with E-state index in [0.29, 0.717) is 47.3 Å². The zero-order chi connectivity index (χ0) is 57.8. The number of hydrogen-bond donors (Lipinski definition) is 2. The minimum atomic E-state index is 0.324. The Hall–Kier alpha value is -6.28. The molecule has 0 fully saturated rings. The maximum absolute atomic E-state index is 7.01. The zero-order valence-electron chi connectivity index (χ0n) is 52.4. The van der Waals surface area contributed by atoms with Crippen LogP contribution in [-0.4, -0.2) is 19.9 Å². The topological polar surface area (TPSA) is 110 Å². The van der Waals surface area contributed by atoms with Crippen LogP contribution in [0.2, 0.25) is 0 Å². The van der Waals surface area contributed by atoms with Gasteiger partial charge in [-0.25, -0.2) is 9.97 Å². The molecule has 8 bridgehead atoms. The molecule has 426 valence electrons. The summed E-state index contributed by atoms with van der Waals surface area (Å²) in [6, 6.07) is 17.2. The summed E-state index contributed by atoms with van der Waals surface area (Å²) in [7, 11) is 0. The molecular weight excluding hydrogens is 985 g/mol. The summed E-state index contributed by atoms with van der Waals surface area (Å²) in [6.07, 6.45) is 6.66. The Bertz CT molecular complexity index is 3160. The van der Waals surface area contributed by atoms with Crippen LogP contribution >= 0.6 is 0 Å². The number of aromatic nitrogens is 4. The Balaban J connectivity index is 1.77. The maximum atomic E-state index is 7.01. The molecule has 0 atom stereocenters. The normalized spacial score (nSPS) is 13.4. The molecule has 2 N–H and O–H groups in total. The van der Waals surface area contributed by atoms with Crippen molar-refractivity contribution in [1.29, 1.82) is 0 Å².